The van der Waals surface area contributed by atoms with E-state index in [0.717, 1.165) is 32.1 Å². The molecule has 4 bridgehead atoms. The second kappa shape index (κ2) is 5.46. The lowest BCUT2D eigenvalue weighted by Crippen LogP contribution is -2.81. The molecule has 2 heterocycles. The highest BCUT2D eigenvalue weighted by Gasteiger charge is 2.83. The first kappa shape index (κ1) is 18.8. The van der Waals surface area contributed by atoms with Gasteiger partial charge in [0.1, 0.15) is 6.10 Å². The first-order valence-electron chi connectivity index (χ1n) is 10.5. The van der Waals surface area contributed by atoms with Gasteiger partial charge in [0, 0.05) is 23.7 Å². The number of fused-ring (bicyclic) bond motifs is 2. The summed E-state index contributed by atoms with van der Waals surface area (Å²) in [5, 5.41) is 23.3. The average molecular weight is 390 g/mol. The van der Waals surface area contributed by atoms with Gasteiger partial charge in [-0.2, -0.15) is 0 Å². The van der Waals surface area contributed by atoms with Crippen molar-refractivity contribution >= 4 is 11.8 Å². The molecule has 2 aliphatic heterocycles. The van der Waals surface area contributed by atoms with Gasteiger partial charge < -0.3 is 19.7 Å². The largest absolute Gasteiger partial charge is 0.465 e. The van der Waals surface area contributed by atoms with Gasteiger partial charge in [-0.05, 0) is 49.5 Å². The molecule has 0 aromatic carbocycles. The fourth-order valence-corrected chi connectivity index (χ4v) is 8.16. The van der Waals surface area contributed by atoms with Crippen LogP contribution in [-0.2, 0) is 19.1 Å². The molecule has 8 atom stereocenters. The number of carbonyl (C=O) groups is 2. The number of carbonyl (C=O) groups excluding carboxylic acids is 2. The van der Waals surface area contributed by atoms with Crippen molar-refractivity contribution in [2.75, 3.05) is 13.2 Å². The maximum Gasteiger partial charge on any atom is 0.302 e. The molecule has 0 aromatic heterocycles. The number of ketones is 1. The van der Waals surface area contributed by atoms with Gasteiger partial charge in [-0.15, -0.1) is 0 Å². The lowest BCUT2D eigenvalue weighted by Gasteiger charge is -2.73. The second-order valence-corrected chi connectivity index (χ2v) is 10.3. The summed E-state index contributed by atoms with van der Waals surface area (Å²) in [6, 6.07) is 0. The molecule has 4 aliphatic carbocycles. The molecule has 6 fully saturated rings. The zero-order valence-electron chi connectivity index (χ0n) is 16.7. The number of aliphatic hydroxyl groups is 2. The van der Waals surface area contributed by atoms with Crippen LogP contribution in [0.3, 0.4) is 0 Å². The summed E-state index contributed by atoms with van der Waals surface area (Å²) in [6.07, 6.45) is 3.67. The van der Waals surface area contributed by atoms with Crippen LogP contribution in [0, 0.1) is 34.0 Å². The molecule has 6 nitrogen and oxygen atoms in total. The highest BCUT2D eigenvalue weighted by Crippen LogP contribution is 2.76. The first-order valence-corrected chi connectivity index (χ1v) is 10.5. The number of hydrogen-bond donors (Lipinski definition) is 2. The van der Waals surface area contributed by atoms with E-state index in [1.807, 2.05) is 6.92 Å². The topological polar surface area (TPSA) is 93.1 Å². The molecule has 0 amide bonds. The number of rotatable bonds is 2. The molecule has 2 saturated heterocycles. The van der Waals surface area contributed by atoms with Gasteiger partial charge in [-0.1, -0.05) is 19.9 Å². The Balaban J connectivity index is 1.65. The Labute approximate surface area is 165 Å². The maximum absolute atomic E-state index is 13.4. The number of aliphatic hydroxyl groups excluding tert-OH is 1. The zero-order chi connectivity index (χ0) is 20.1. The van der Waals surface area contributed by atoms with Crippen molar-refractivity contribution in [2.45, 2.75) is 64.3 Å². The first-order chi connectivity index (χ1) is 13.1. The van der Waals surface area contributed by atoms with Gasteiger partial charge in [0.15, 0.2) is 5.78 Å². The minimum Gasteiger partial charge on any atom is -0.465 e. The zero-order valence-corrected chi connectivity index (χ0v) is 16.7. The summed E-state index contributed by atoms with van der Waals surface area (Å²) < 4.78 is 11.4. The third-order valence-corrected chi connectivity index (χ3v) is 9.13. The van der Waals surface area contributed by atoms with Crippen LogP contribution < -0.4 is 0 Å². The van der Waals surface area contributed by atoms with Crippen LogP contribution in [0.2, 0.25) is 0 Å². The Morgan fingerprint density at radius 1 is 1.36 bits per heavy atom. The fourth-order valence-electron chi connectivity index (χ4n) is 8.16. The smallest absolute Gasteiger partial charge is 0.302 e. The minimum absolute atomic E-state index is 0.0351. The van der Waals surface area contributed by atoms with Gasteiger partial charge in [-0.3, -0.25) is 9.59 Å². The average Bonchev–Trinajstić information content (AvgIpc) is 2.84. The molecule has 28 heavy (non-hydrogen) atoms. The van der Waals surface area contributed by atoms with Crippen LogP contribution in [0.4, 0.5) is 0 Å². The predicted octanol–water partition coefficient (Wildman–Crippen LogP) is 1.98. The monoisotopic (exact) mass is 390 g/mol. The van der Waals surface area contributed by atoms with Crippen molar-refractivity contribution in [3.63, 3.8) is 0 Å². The molecule has 1 unspecified atom stereocenters. The molecule has 2 N–H and O–H groups in total. The van der Waals surface area contributed by atoms with E-state index < -0.39 is 22.7 Å². The summed E-state index contributed by atoms with van der Waals surface area (Å²) in [5.74, 6) is -2.58. The number of esters is 1. The summed E-state index contributed by atoms with van der Waals surface area (Å²) in [7, 11) is 0. The molecule has 154 valence electrons. The molecular weight excluding hydrogens is 360 g/mol. The molecule has 0 aromatic rings. The molecule has 6 heteroatoms. The molecule has 6 rings (SSSR count). The third kappa shape index (κ3) is 1.86. The molecular formula is C22H30O6. The Kier molecular flexibility index (Phi) is 3.66. The number of Topliss-reactive ketones (excluding diaryl/α,β-unsaturated/α-hetero) is 1. The summed E-state index contributed by atoms with van der Waals surface area (Å²) >= 11 is 0. The lowest BCUT2D eigenvalue weighted by molar-refractivity contribution is -0.439. The second-order valence-electron chi connectivity index (χ2n) is 10.3. The van der Waals surface area contributed by atoms with Gasteiger partial charge in [-0.25, -0.2) is 0 Å². The Morgan fingerprint density at radius 2 is 2.11 bits per heavy atom. The van der Waals surface area contributed by atoms with E-state index in [2.05, 4.69) is 6.58 Å². The highest BCUT2D eigenvalue weighted by atomic mass is 16.6. The predicted molar refractivity (Wildman–Crippen MR) is 98.8 cm³/mol. The quantitative estimate of drug-likeness (QED) is 0.553. The van der Waals surface area contributed by atoms with E-state index in [0.29, 0.717) is 18.6 Å². The molecule has 2 spiro atoms. The van der Waals surface area contributed by atoms with Crippen molar-refractivity contribution in [3.8, 4) is 0 Å². The van der Waals surface area contributed by atoms with E-state index in [1.54, 1.807) is 0 Å². The maximum atomic E-state index is 13.4. The van der Waals surface area contributed by atoms with Crippen LogP contribution in [0.25, 0.3) is 0 Å². The van der Waals surface area contributed by atoms with Crippen molar-refractivity contribution in [2.24, 2.45) is 34.0 Å². The standard InChI is InChI=1S/C22H30O6/c1-12-14-5-6-15-20-8-4-7-19(3,10-27-13(2)23)16(20)18(25)22(26,28-11-20)21(15,9-14)17(12)24/h14-16,18,25-26H,1,4-11H2,2-3H3/t14?,15-,16+,18-,19-,20+,21-,22-/m0/s1. The Hall–Kier alpha value is -1.24. The van der Waals surface area contributed by atoms with Gasteiger partial charge in [0.05, 0.1) is 18.6 Å². The van der Waals surface area contributed by atoms with Crippen molar-refractivity contribution in [3.05, 3.63) is 12.2 Å². The molecule has 0 radical (unpaired) electrons. The van der Waals surface area contributed by atoms with Crippen LogP contribution in [0.5, 0.6) is 0 Å². The van der Waals surface area contributed by atoms with E-state index in [-0.39, 0.29) is 41.5 Å². The highest BCUT2D eigenvalue weighted by molar-refractivity contribution is 6.04. The molecule has 6 aliphatic rings. The number of hydrogen-bond acceptors (Lipinski definition) is 6. The normalized spacial score (nSPS) is 54.3. The van der Waals surface area contributed by atoms with Crippen molar-refractivity contribution < 1.29 is 29.3 Å². The minimum atomic E-state index is -1.89. The van der Waals surface area contributed by atoms with Gasteiger partial charge in [0.25, 0.3) is 0 Å². The van der Waals surface area contributed by atoms with Crippen LogP contribution in [0.15, 0.2) is 12.2 Å². The molecule has 4 saturated carbocycles. The van der Waals surface area contributed by atoms with Gasteiger partial charge in [0.2, 0.25) is 5.79 Å². The Bertz CT molecular complexity index is 777. The summed E-state index contributed by atoms with van der Waals surface area (Å²) in [6.45, 7) is 8.02. The van der Waals surface area contributed by atoms with Crippen molar-refractivity contribution in [1.29, 1.82) is 0 Å². The number of ether oxygens (including phenoxy) is 2. The van der Waals surface area contributed by atoms with E-state index in [1.165, 1.54) is 6.92 Å². The van der Waals surface area contributed by atoms with Crippen molar-refractivity contribution in [1.82, 2.24) is 0 Å². The third-order valence-electron chi connectivity index (χ3n) is 9.13. The van der Waals surface area contributed by atoms with Crippen LogP contribution in [-0.4, -0.2) is 47.1 Å². The Morgan fingerprint density at radius 3 is 2.82 bits per heavy atom. The van der Waals surface area contributed by atoms with Crippen LogP contribution >= 0.6 is 0 Å². The summed E-state index contributed by atoms with van der Waals surface area (Å²) in [5.41, 5.74) is -1.34. The summed E-state index contributed by atoms with van der Waals surface area (Å²) in [4.78, 5) is 24.9. The van der Waals surface area contributed by atoms with E-state index in [4.69, 9.17) is 9.47 Å². The number of allylic oxidation sites excluding steroid dienone is 1. The SMILES string of the molecule is C=C1C(=O)[C@]23CC1CC[C@H]2[C@]12CCC[C@@](C)(COC(C)=O)[C@H]1[C@H](O)[C@]3(O)OC2. The lowest BCUT2D eigenvalue weighted by atomic mass is 9.36. The van der Waals surface area contributed by atoms with Crippen LogP contribution in [0.1, 0.15) is 52.4 Å². The fraction of sp³-hybridized carbons (Fsp3) is 0.818. The van der Waals surface area contributed by atoms with Gasteiger partial charge >= 0.3 is 5.97 Å². The van der Waals surface area contributed by atoms with E-state index >= 15 is 0 Å². The van der Waals surface area contributed by atoms with E-state index in [9.17, 15) is 19.8 Å².